The van der Waals surface area contributed by atoms with Crippen molar-refractivity contribution >= 4 is 17.9 Å². The van der Waals surface area contributed by atoms with E-state index in [4.69, 9.17) is 14.2 Å². The molecule has 452 valence electrons. The third-order valence-electron chi connectivity index (χ3n) is 14.9. The molecular formula is C72H128O6. The second-order valence-electron chi connectivity index (χ2n) is 22.7. The van der Waals surface area contributed by atoms with Gasteiger partial charge in [0.1, 0.15) is 13.2 Å². The summed E-state index contributed by atoms with van der Waals surface area (Å²) in [5.74, 6) is -0.874. The van der Waals surface area contributed by atoms with E-state index in [9.17, 15) is 14.4 Å². The molecule has 0 bridgehead atoms. The summed E-state index contributed by atoms with van der Waals surface area (Å²) < 4.78 is 17.0. The van der Waals surface area contributed by atoms with E-state index in [2.05, 4.69) is 93.7 Å². The lowest BCUT2D eigenvalue weighted by Crippen LogP contribution is -2.30. The summed E-state index contributed by atoms with van der Waals surface area (Å²) in [7, 11) is 0. The van der Waals surface area contributed by atoms with Crippen LogP contribution in [-0.2, 0) is 28.6 Å². The molecule has 0 fully saturated rings. The van der Waals surface area contributed by atoms with Crippen molar-refractivity contribution in [3.05, 3.63) is 72.9 Å². The van der Waals surface area contributed by atoms with Crippen molar-refractivity contribution < 1.29 is 28.6 Å². The summed E-state index contributed by atoms with van der Waals surface area (Å²) in [6.45, 7) is 6.65. The SMILES string of the molecule is CCCCCCC/C=C\C/C=C\C/C=C\CCCCCCCCCCC(=O)OCC(COC(=O)CCCCCCCCCCCCCCCC)OC(=O)CCCCCCCCCC/C=C\C/C=C\C/C=C\CCCCCCC. The lowest BCUT2D eigenvalue weighted by Gasteiger charge is -2.18. The third-order valence-corrected chi connectivity index (χ3v) is 14.9. The number of hydrogen-bond donors (Lipinski definition) is 0. The maximum absolute atomic E-state index is 12.9. The van der Waals surface area contributed by atoms with Crippen LogP contribution in [0, 0.1) is 0 Å². The molecule has 0 N–H and O–H groups in total. The van der Waals surface area contributed by atoms with Gasteiger partial charge in [-0.1, -0.05) is 306 Å². The van der Waals surface area contributed by atoms with Crippen LogP contribution in [0.3, 0.4) is 0 Å². The zero-order chi connectivity index (χ0) is 56.4. The summed E-state index contributed by atoms with van der Waals surface area (Å²) in [6, 6.07) is 0. The molecule has 0 aromatic rings. The minimum absolute atomic E-state index is 0.0778. The van der Waals surface area contributed by atoms with Gasteiger partial charge in [-0.25, -0.2) is 0 Å². The van der Waals surface area contributed by atoms with Crippen molar-refractivity contribution in [1.82, 2.24) is 0 Å². The Balaban J connectivity index is 4.36. The Labute approximate surface area is 484 Å². The maximum Gasteiger partial charge on any atom is 0.306 e. The van der Waals surface area contributed by atoms with Crippen LogP contribution in [0.5, 0.6) is 0 Å². The number of allylic oxidation sites excluding steroid dienone is 12. The van der Waals surface area contributed by atoms with Crippen molar-refractivity contribution in [3.8, 4) is 0 Å². The van der Waals surface area contributed by atoms with Crippen LogP contribution in [0.4, 0.5) is 0 Å². The van der Waals surface area contributed by atoms with Crippen LogP contribution < -0.4 is 0 Å². The molecule has 0 amide bonds. The van der Waals surface area contributed by atoms with E-state index < -0.39 is 6.10 Å². The Hall–Kier alpha value is -3.15. The first-order valence-corrected chi connectivity index (χ1v) is 33.9. The molecule has 0 aliphatic carbocycles. The molecule has 1 atom stereocenters. The highest BCUT2D eigenvalue weighted by molar-refractivity contribution is 5.71. The molecular weight excluding hydrogens is 961 g/mol. The molecule has 0 aromatic heterocycles. The minimum Gasteiger partial charge on any atom is -0.462 e. The van der Waals surface area contributed by atoms with Crippen LogP contribution in [0.15, 0.2) is 72.9 Å². The van der Waals surface area contributed by atoms with Crippen LogP contribution in [0.2, 0.25) is 0 Å². The van der Waals surface area contributed by atoms with Gasteiger partial charge >= 0.3 is 17.9 Å². The molecule has 0 aromatic carbocycles. The molecule has 0 radical (unpaired) electrons. The van der Waals surface area contributed by atoms with Gasteiger partial charge in [0.25, 0.3) is 0 Å². The molecule has 1 unspecified atom stereocenters. The number of ether oxygens (including phenoxy) is 3. The van der Waals surface area contributed by atoms with Gasteiger partial charge in [-0.15, -0.1) is 0 Å². The topological polar surface area (TPSA) is 78.9 Å². The van der Waals surface area contributed by atoms with Crippen molar-refractivity contribution in [3.63, 3.8) is 0 Å². The zero-order valence-corrected chi connectivity index (χ0v) is 51.9. The number of hydrogen-bond acceptors (Lipinski definition) is 6. The Bertz CT molecular complexity index is 1440. The van der Waals surface area contributed by atoms with Gasteiger partial charge < -0.3 is 14.2 Å². The summed E-state index contributed by atoms with van der Waals surface area (Å²) in [6.07, 6.45) is 86.2. The standard InChI is InChI=1S/C72H128O6/c1-4-7-10-13-16-19-22-25-28-30-32-34-36-38-40-42-44-47-50-53-56-59-62-65-71(74)77-68-69(67-76-70(73)64-61-58-55-52-49-46-27-24-21-18-15-12-9-6-3)78-72(75)66-63-60-57-54-51-48-45-43-41-39-37-35-33-31-29-26-23-20-17-14-11-8-5-2/h22-23,25-26,30-33,36-39,69H,4-21,24,27-29,34-35,40-68H2,1-3H3/b25-22-,26-23-,32-30-,33-31-,38-36-,39-37-. The summed E-state index contributed by atoms with van der Waals surface area (Å²) in [5.41, 5.74) is 0. The number of rotatable bonds is 62. The average molecular weight is 1090 g/mol. The normalized spacial score (nSPS) is 12.5. The van der Waals surface area contributed by atoms with Crippen LogP contribution in [-0.4, -0.2) is 37.2 Å². The van der Waals surface area contributed by atoms with Gasteiger partial charge in [0.15, 0.2) is 6.10 Å². The van der Waals surface area contributed by atoms with Crippen molar-refractivity contribution in [2.75, 3.05) is 13.2 Å². The molecule has 0 spiro atoms. The van der Waals surface area contributed by atoms with Crippen molar-refractivity contribution in [1.29, 1.82) is 0 Å². The molecule has 0 rings (SSSR count). The smallest absolute Gasteiger partial charge is 0.306 e. The fourth-order valence-corrected chi connectivity index (χ4v) is 9.81. The second-order valence-corrected chi connectivity index (χ2v) is 22.7. The first-order valence-electron chi connectivity index (χ1n) is 33.9. The number of unbranched alkanes of at least 4 members (excludes halogenated alkanes) is 39. The summed E-state index contributed by atoms with van der Waals surface area (Å²) in [4.78, 5) is 38.4. The van der Waals surface area contributed by atoms with E-state index in [1.807, 2.05) is 0 Å². The molecule has 0 heterocycles. The van der Waals surface area contributed by atoms with E-state index in [0.29, 0.717) is 19.3 Å². The number of carbonyl (C=O) groups is 3. The molecule has 0 saturated carbocycles. The Morgan fingerprint density at radius 2 is 0.462 bits per heavy atom. The lowest BCUT2D eigenvalue weighted by molar-refractivity contribution is -0.167. The van der Waals surface area contributed by atoms with E-state index >= 15 is 0 Å². The molecule has 0 aliphatic rings. The van der Waals surface area contributed by atoms with E-state index in [0.717, 1.165) is 96.3 Å². The average Bonchev–Trinajstić information content (AvgIpc) is 3.44. The summed E-state index contributed by atoms with van der Waals surface area (Å²) >= 11 is 0. The quantitative estimate of drug-likeness (QED) is 0.0261. The second kappa shape index (κ2) is 66.4. The van der Waals surface area contributed by atoms with Gasteiger partial charge in [0.2, 0.25) is 0 Å². The van der Waals surface area contributed by atoms with Crippen molar-refractivity contribution in [2.24, 2.45) is 0 Å². The van der Waals surface area contributed by atoms with Crippen LogP contribution in [0.1, 0.15) is 348 Å². The van der Waals surface area contributed by atoms with Gasteiger partial charge in [-0.05, 0) is 96.3 Å². The molecule has 6 heteroatoms. The van der Waals surface area contributed by atoms with Gasteiger partial charge in [0.05, 0.1) is 0 Å². The Morgan fingerprint density at radius 1 is 0.256 bits per heavy atom. The predicted molar refractivity (Wildman–Crippen MR) is 339 cm³/mol. The van der Waals surface area contributed by atoms with Crippen LogP contribution >= 0.6 is 0 Å². The monoisotopic (exact) mass is 1090 g/mol. The Kier molecular flexibility index (Phi) is 63.7. The maximum atomic E-state index is 12.9. The molecule has 0 aliphatic heterocycles. The molecule has 6 nitrogen and oxygen atoms in total. The minimum atomic E-state index is -0.783. The van der Waals surface area contributed by atoms with Crippen LogP contribution in [0.25, 0.3) is 0 Å². The lowest BCUT2D eigenvalue weighted by atomic mass is 10.0. The molecule has 0 saturated heterocycles. The predicted octanol–water partition coefficient (Wildman–Crippen LogP) is 23.3. The zero-order valence-electron chi connectivity index (χ0n) is 51.9. The van der Waals surface area contributed by atoms with E-state index in [1.54, 1.807) is 0 Å². The van der Waals surface area contributed by atoms with Gasteiger partial charge in [-0.3, -0.25) is 14.4 Å². The van der Waals surface area contributed by atoms with Gasteiger partial charge in [-0.2, -0.15) is 0 Å². The van der Waals surface area contributed by atoms with E-state index in [1.165, 1.54) is 212 Å². The highest BCUT2D eigenvalue weighted by Crippen LogP contribution is 2.17. The fraction of sp³-hybridized carbons (Fsp3) is 0.792. The molecule has 78 heavy (non-hydrogen) atoms. The van der Waals surface area contributed by atoms with E-state index in [-0.39, 0.29) is 31.1 Å². The number of esters is 3. The highest BCUT2D eigenvalue weighted by atomic mass is 16.6. The fourth-order valence-electron chi connectivity index (χ4n) is 9.81. The van der Waals surface area contributed by atoms with Crippen molar-refractivity contribution in [2.45, 2.75) is 354 Å². The van der Waals surface area contributed by atoms with Gasteiger partial charge in [0, 0.05) is 19.3 Å². The first kappa shape index (κ1) is 74.8. The third kappa shape index (κ3) is 63.7. The highest BCUT2D eigenvalue weighted by Gasteiger charge is 2.19. The first-order chi connectivity index (χ1) is 38.5. The summed E-state index contributed by atoms with van der Waals surface area (Å²) in [5, 5.41) is 0. The number of carbonyl (C=O) groups excluding carboxylic acids is 3. The largest absolute Gasteiger partial charge is 0.462 e. The Morgan fingerprint density at radius 3 is 0.718 bits per heavy atom.